The summed E-state index contributed by atoms with van der Waals surface area (Å²) < 4.78 is 5.07. The van der Waals surface area contributed by atoms with Crippen LogP contribution in [0.3, 0.4) is 0 Å². The molecule has 3 heterocycles. The molecule has 3 rings (SSSR count). The van der Waals surface area contributed by atoms with Gasteiger partial charge in [0.25, 0.3) is 0 Å². The van der Waals surface area contributed by atoms with E-state index in [1.165, 1.54) is 0 Å². The molecule has 2 aromatic rings. The van der Waals surface area contributed by atoms with Crippen molar-refractivity contribution in [1.29, 1.82) is 0 Å². The van der Waals surface area contributed by atoms with Gasteiger partial charge >= 0.3 is 0 Å². The minimum Gasteiger partial charge on any atom is -0.356 e. The fraction of sp³-hybridized carbons (Fsp3) is 0.538. The standard InChI is InChI=1S/C13H17N5O/c1-9-14-6-5-12(15-9)18-7-3-4-11(8-18)13-16-10(2)19-17-13/h5-6,11H,3-4,7-8H2,1-2H3. The molecule has 0 bridgehead atoms. The number of nitrogens with zero attached hydrogens (tertiary/aromatic N) is 5. The minimum absolute atomic E-state index is 0.321. The van der Waals surface area contributed by atoms with Crippen molar-refractivity contribution in [3.63, 3.8) is 0 Å². The third-order valence-corrected chi connectivity index (χ3v) is 3.42. The maximum atomic E-state index is 5.07. The lowest BCUT2D eigenvalue weighted by molar-refractivity contribution is 0.376. The minimum atomic E-state index is 0.321. The highest BCUT2D eigenvalue weighted by atomic mass is 16.5. The van der Waals surface area contributed by atoms with Crippen LogP contribution in [0.1, 0.15) is 36.3 Å². The fourth-order valence-electron chi connectivity index (χ4n) is 2.50. The van der Waals surface area contributed by atoms with Crippen molar-refractivity contribution in [2.45, 2.75) is 32.6 Å². The van der Waals surface area contributed by atoms with Crippen molar-refractivity contribution in [2.75, 3.05) is 18.0 Å². The van der Waals surface area contributed by atoms with Crippen LogP contribution in [-0.2, 0) is 0 Å². The molecule has 6 heteroatoms. The Kier molecular flexibility index (Phi) is 3.15. The van der Waals surface area contributed by atoms with Gasteiger partial charge in [-0.2, -0.15) is 4.98 Å². The Balaban J connectivity index is 1.78. The van der Waals surface area contributed by atoms with E-state index in [0.29, 0.717) is 11.8 Å². The summed E-state index contributed by atoms with van der Waals surface area (Å²) in [4.78, 5) is 15.2. The molecule has 1 saturated heterocycles. The second kappa shape index (κ2) is 4.95. The lowest BCUT2D eigenvalue weighted by Gasteiger charge is -2.32. The van der Waals surface area contributed by atoms with Crippen molar-refractivity contribution < 1.29 is 4.52 Å². The quantitative estimate of drug-likeness (QED) is 0.820. The monoisotopic (exact) mass is 259 g/mol. The van der Waals surface area contributed by atoms with Crippen LogP contribution in [0, 0.1) is 13.8 Å². The highest BCUT2D eigenvalue weighted by Gasteiger charge is 2.25. The van der Waals surface area contributed by atoms with E-state index >= 15 is 0 Å². The molecular weight excluding hydrogens is 242 g/mol. The molecule has 0 saturated carbocycles. The van der Waals surface area contributed by atoms with E-state index in [-0.39, 0.29) is 0 Å². The van der Waals surface area contributed by atoms with Gasteiger partial charge in [0.1, 0.15) is 11.6 Å². The van der Waals surface area contributed by atoms with Crippen LogP contribution in [0.25, 0.3) is 0 Å². The summed E-state index contributed by atoms with van der Waals surface area (Å²) in [6.07, 6.45) is 4.01. The SMILES string of the molecule is Cc1nccc(N2CCCC(c3noc(C)n3)C2)n1. The number of aromatic nitrogens is 4. The van der Waals surface area contributed by atoms with Gasteiger partial charge in [-0.3, -0.25) is 0 Å². The zero-order valence-electron chi connectivity index (χ0n) is 11.2. The Morgan fingerprint density at radius 1 is 1.32 bits per heavy atom. The number of hydrogen-bond donors (Lipinski definition) is 0. The molecule has 0 aromatic carbocycles. The van der Waals surface area contributed by atoms with Crippen LogP contribution in [0.4, 0.5) is 5.82 Å². The molecule has 1 unspecified atom stereocenters. The van der Waals surface area contributed by atoms with Crippen LogP contribution < -0.4 is 4.90 Å². The summed E-state index contributed by atoms with van der Waals surface area (Å²) in [5.41, 5.74) is 0. The van der Waals surface area contributed by atoms with E-state index in [2.05, 4.69) is 25.0 Å². The molecule has 0 N–H and O–H groups in total. The van der Waals surface area contributed by atoms with Gasteiger partial charge in [-0.05, 0) is 25.8 Å². The molecule has 1 aliphatic rings. The molecule has 100 valence electrons. The zero-order chi connectivity index (χ0) is 13.2. The number of hydrogen-bond acceptors (Lipinski definition) is 6. The van der Waals surface area contributed by atoms with Crippen molar-refractivity contribution in [3.05, 3.63) is 29.8 Å². The Morgan fingerprint density at radius 3 is 2.95 bits per heavy atom. The molecular formula is C13H17N5O. The van der Waals surface area contributed by atoms with Gasteiger partial charge in [0.15, 0.2) is 5.82 Å². The summed E-state index contributed by atoms with van der Waals surface area (Å²) in [5.74, 6) is 3.55. The Morgan fingerprint density at radius 2 is 2.21 bits per heavy atom. The van der Waals surface area contributed by atoms with Crippen molar-refractivity contribution >= 4 is 5.82 Å². The van der Waals surface area contributed by atoms with Crippen molar-refractivity contribution in [2.24, 2.45) is 0 Å². The molecule has 0 aliphatic carbocycles. The maximum absolute atomic E-state index is 5.07. The zero-order valence-corrected chi connectivity index (χ0v) is 11.2. The van der Waals surface area contributed by atoms with Gasteiger partial charge < -0.3 is 9.42 Å². The lowest BCUT2D eigenvalue weighted by atomic mass is 9.97. The highest BCUT2D eigenvalue weighted by Crippen LogP contribution is 2.27. The predicted molar refractivity (Wildman–Crippen MR) is 70.0 cm³/mol. The molecule has 6 nitrogen and oxygen atoms in total. The molecule has 0 radical (unpaired) electrons. The van der Waals surface area contributed by atoms with Crippen molar-refractivity contribution in [3.8, 4) is 0 Å². The second-order valence-corrected chi connectivity index (χ2v) is 4.92. The summed E-state index contributed by atoms with van der Waals surface area (Å²) in [5, 5.41) is 4.04. The van der Waals surface area contributed by atoms with E-state index in [1.807, 2.05) is 19.9 Å². The second-order valence-electron chi connectivity index (χ2n) is 4.92. The van der Waals surface area contributed by atoms with Gasteiger partial charge in [-0.1, -0.05) is 5.16 Å². The van der Waals surface area contributed by atoms with Gasteiger partial charge in [-0.25, -0.2) is 9.97 Å². The van der Waals surface area contributed by atoms with Crippen LogP contribution >= 0.6 is 0 Å². The first-order valence-electron chi connectivity index (χ1n) is 6.57. The summed E-state index contributed by atoms with van der Waals surface area (Å²) in [7, 11) is 0. The lowest BCUT2D eigenvalue weighted by Crippen LogP contribution is -2.35. The first-order chi connectivity index (χ1) is 9.22. The number of anilines is 1. The normalized spacial score (nSPS) is 19.7. The Bertz CT molecular complexity index is 568. The summed E-state index contributed by atoms with van der Waals surface area (Å²) in [6.45, 7) is 5.64. The van der Waals surface area contributed by atoms with E-state index in [0.717, 1.165) is 43.4 Å². The third kappa shape index (κ3) is 2.57. The van der Waals surface area contributed by atoms with E-state index in [9.17, 15) is 0 Å². The van der Waals surface area contributed by atoms with Gasteiger partial charge in [0.2, 0.25) is 5.89 Å². The largest absolute Gasteiger partial charge is 0.356 e. The van der Waals surface area contributed by atoms with E-state index in [4.69, 9.17) is 4.52 Å². The molecule has 0 amide bonds. The van der Waals surface area contributed by atoms with Gasteiger partial charge in [0, 0.05) is 32.1 Å². The van der Waals surface area contributed by atoms with Gasteiger partial charge in [-0.15, -0.1) is 0 Å². The van der Waals surface area contributed by atoms with Gasteiger partial charge in [0.05, 0.1) is 0 Å². The summed E-state index contributed by atoms with van der Waals surface area (Å²) >= 11 is 0. The Hall–Kier alpha value is -1.98. The average molecular weight is 259 g/mol. The molecule has 19 heavy (non-hydrogen) atoms. The van der Waals surface area contributed by atoms with Crippen LogP contribution in [-0.4, -0.2) is 33.2 Å². The van der Waals surface area contributed by atoms with Crippen molar-refractivity contribution in [1.82, 2.24) is 20.1 Å². The van der Waals surface area contributed by atoms with E-state index < -0.39 is 0 Å². The van der Waals surface area contributed by atoms with Crippen LogP contribution in [0.2, 0.25) is 0 Å². The molecule has 0 spiro atoms. The molecule has 1 aliphatic heterocycles. The number of piperidine rings is 1. The number of rotatable bonds is 2. The van der Waals surface area contributed by atoms with E-state index in [1.54, 1.807) is 6.20 Å². The van der Waals surface area contributed by atoms with Crippen LogP contribution in [0.5, 0.6) is 0 Å². The smallest absolute Gasteiger partial charge is 0.223 e. The maximum Gasteiger partial charge on any atom is 0.223 e. The molecule has 2 aromatic heterocycles. The van der Waals surface area contributed by atoms with Crippen LogP contribution in [0.15, 0.2) is 16.8 Å². The summed E-state index contributed by atoms with van der Waals surface area (Å²) in [6, 6.07) is 1.96. The molecule has 1 atom stereocenters. The first-order valence-corrected chi connectivity index (χ1v) is 6.57. The third-order valence-electron chi connectivity index (χ3n) is 3.42. The highest BCUT2D eigenvalue weighted by molar-refractivity contribution is 5.38. The fourth-order valence-corrected chi connectivity index (χ4v) is 2.50. The predicted octanol–water partition coefficient (Wildman–Crippen LogP) is 1.86. The topological polar surface area (TPSA) is 67.9 Å². The Labute approximate surface area is 111 Å². The first kappa shape index (κ1) is 12.1. The average Bonchev–Trinajstić information content (AvgIpc) is 2.86. The molecule has 1 fully saturated rings. The number of aryl methyl sites for hydroxylation is 2.